The van der Waals surface area contributed by atoms with Gasteiger partial charge in [-0.1, -0.05) is 18.0 Å². The number of nitrogens with one attached hydrogen (secondary N) is 1. The molecule has 0 unspecified atom stereocenters. The first-order chi connectivity index (χ1) is 9.34. The number of benzene rings is 1. The van der Waals surface area contributed by atoms with Crippen molar-refractivity contribution in [1.29, 1.82) is 0 Å². The smallest absolute Gasteiger partial charge is 0.330 e. The van der Waals surface area contributed by atoms with Crippen LogP contribution in [0.4, 0.5) is 18.9 Å². The van der Waals surface area contributed by atoms with Gasteiger partial charge in [-0.05, 0) is 37.6 Å². The summed E-state index contributed by atoms with van der Waals surface area (Å²) in [5.74, 6) is -0.358. The lowest BCUT2D eigenvalue weighted by Crippen LogP contribution is -2.13. The van der Waals surface area contributed by atoms with E-state index in [1.54, 1.807) is 0 Å². The van der Waals surface area contributed by atoms with Gasteiger partial charge in [-0.2, -0.15) is 13.2 Å². The van der Waals surface area contributed by atoms with Gasteiger partial charge in [-0.3, -0.25) is 4.79 Å². The third kappa shape index (κ3) is 5.38. The molecular weight excluding hydrogens is 293 g/mol. The van der Waals surface area contributed by atoms with Gasteiger partial charge in [0.2, 0.25) is 5.91 Å². The van der Waals surface area contributed by atoms with E-state index in [0.717, 1.165) is 31.0 Å². The highest BCUT2D eigenvalue weighted by atomic mass is 35.5. The van der Waals surface area contributed by atoms with E-state index < -0.39 is 11.7 Å². The summed E-state index contributed by atoms with van der Waals surface area (Å²) < 4.78 is 37.7. The standard InChI is InChI=1S/C13H16ClF3N2O/c14-10-6-5-9(13(15,16)17)8-11(10)19-12(20)4-2-1-3-7-18/h5-6,8H,1-4,7,18H2,(H,19,20). The van der Waals surface area contributed by atoms with Gasteiger partial charge >= 0.3 is 6.18 Å². The highest BCUT2D eigenvalue weighted by Gasteiger charge is 2.31. The number of hydrogen-bond donors (Lipinski definition) is 2. The fourth-order valence-corrected chi connectivity index (χ4v) is 1.78. The topological polar surface area (TPSA) is 55.1 Å². The lowest BCUT2D eigenvalue weighted by atomic mass is 10.1. The van der Waals surface area contributed by atoms with Crippen LogP contribution in [0.1, 0.15) is 31.2 Å². The molecule has 0 fully saturated rings. The van der Waals surface area contributed by atoms with E-state index in [2.05, 4.69) is 5.32 Å². The second-order valence-electron chi connectivity index (χ2n) is 4.34. The number of anilines is 1. The molecule has 3 N–H and O–H groups in total. The van der Waals surface area contributed by atoms with Crippen LogP contribution in [-0.2, 0) is 11.0 Å². The molecule has 0 aliphatic carbocycles. The molecule has 112 valence electrons. The molecule has 0 radical (unpaired) electrons. The number of carbonyl (C=O) groups is 1. The molecule has 1 aromatic rings. The summed E-state index contributed by atoms with van der Waals surface area (Å²) in [6.07, 6.45) is -1.98. The Hall–Kier alpha value is -1.27. The molecular formula is C13H16ClF3N2O. The minimum Gasteiger partial charge on any atom is -0.330 e. The van der Waals surface area contributed by atoms with Crippen LogP contribution in [0.3, 0.4) is 0 Å². The zero-order valence-corrected chi connectivity index (χ0v) is 11.5. The van der Waals surface area contributed by atoms with Gasteiger partial charge in [0, 0.05) is 6.42 Å². The van der Waals surface area contributed by atoms with Crippen molar-refractivity contribution in [3.63, 3.8) is 0 Å². The molecule has 1 amide bonds. The van der Waals surface area contributed by atoms with Gasteiger partial charge in [0.15, 0.2) is 0 Å². The normalized spacial score (nSPS) is 11.4. The molecule has 1 rings (SSSR count). The average molecular weight is 309 g/mol. The zero-order valence-electron chi connectivity index (χ0n) is 10.8. The highest BCUT2D eigenvalue weighted by Crippen LogP contribution is 2.33. The van der Waals surface area contributed by atoms with Gasteiger partial charge in [0.05, 0.1) is 16.3 Å². The third-order valence-corrected chi connectivity index (χ3v) is 3.01. The van der Waals surface area contributed by atoms with Crippen LogP contribution in [0.5, 0.6) is 0 Å². The summed E-state index contributed by atoms with van der Waals surface area (Å²) >= 11 is 5.78. The predicted molar refractivity (Wildman–Crippen MR) is 72.6 cm³/mol. The number of halogens is 4. The van der Waals surface area contributed by atoms with Crippen LogP contribution in [-0.4, -0.2) is 12.5 Å². The molecule has 0 saturated heterocycles. The minimum absolute atomic E-state index is 0.0229. The third-order valence-electron chi connectivity index (χ3n) is 2.68. The SMILES string of the molecule is NCCCCCC(=O)Nc1cc(C(F)(F)F)ccc1Cl. The number of carbonyl (C=O) groups excluding carboxylic acids is 1. The van der Waals surface area contributed by atoms with E-state index in [1.807, 2.05) is 0 Å². The van der Waals surface area contributed by atoms with Crippen LogP contribution in [0, 0.1) is 0 Å². The van der Waals surface area contributed by atoms with Crippen LogP contribution < -0.4 is 11.1 Å². The van der Waals surface area contributed by atoms with Crippen molar-refractivity contribution in [2.75, 3.05) is 11.9 Å². The van der Waals surface area contributed by atoms with E-state index in [9.17, 15) is 18.0 Å². The predicted octanol–water partition coefficient (Wildman–Crippen LogP) is 3.82. The van der Waals surface area contributed by atoms with Crippen LogP contribution in [0.15, 0.2) is 18.2 Å². The summed E-state index contributed by atoms with van der Waals surface area (Å²) in [7, 11) is 0. The van der Waals surface area contributed by atoms with E-state index in [0.29, 0.717) is 13.0 Å². The van der Waals surface area contributed by atoms with E-state index >= 15 is 0 Å². The van der Waals surface area contributed by atoms with Crippen LogP contribution in [0.25, 0.3) is 0 Å². The first kappa shape index (κ1) is 16.8. The Morgan fingerprint density at radius 1 is 1.25 bits per heavy atom. The van der Waals surface area contributed by atoms with Crippen molar-refractivity contribution in [2.45, 2.75) is 31.9 Å². The number of amides is 1. The van der Waals surface area contributed by atoms with Gasteiger partial charge in [-0.15, -0.1) is 0 Å². The summed E-state index contributed by atoms with van der Waals surface area (Å²) in [4.78, 5) is 11.6. The Morgan fingerprint density at radius 2 is 1.95 bits per heavy atom. The fraction of sp³-hybridized carbons (Fsp3) is 0.462. The lowest BCUT2D eigenvalue weighted by molar-refractivity contribution is -0.137. The molecule has 0 aliphatic rings. The maximum atomic E-state index is 12.6. The van der Waals surface area contributed by atoms with Gasteiger partial charge in [0.1, 0.15) is 0 Å². The number of alkyl halides is 3. The Kier molecular flexibility index (Phi) is 6.29. The molecule has 0 heterocycles. The maximum Gasteiger partial charge on any atom is 0.416 e. The van der Waals surface area contributed by atoms with Crippen LogP contribution >= 0.6 is 11.6 Å². The molecule has 0 aliphatic heterocycles. The number of rotatable bonds is 6. The van der Waals surface area contributed by atoms with Crippen molar-refractivity contribution >= 4 is 23.2 Å². The minimum atomic E-state index is -4.47. The Balaban J connectivity index is 2.65. The van der Waals surface area contributed by atoms with E-state index in [4.69, 9.17) is 17.3 Å². The van der Waals surface area contributed by atoms with Crippen LogP contribution in [0.2, 0.25) is 5.02 Å². The molecule has 0 spiro atoms. The number of unbranched alkanes of at least 4 members (excludes halogenated alkanes) is 2. The van der Waals surface area contributed by atoms with Crippen molar-refractivity contribution in [3.8, 4) is 0 Å². The van der Waals surface area contributed by atoms with Crippen molar-refractivity contribution < 1.29 is 18.0 Å². The highest BCUT2D eigenvalue weighted by molar-refractivity contribution is 6.33. The number of nitrogens with two attached hydrogens (primary N) is 1. The summed E-state index contributed by atoms with van der Waals surface area (Å²) in [5, 5.41) is 2.47. The van der Waals surface area contributed by atoms with Crippen molar-refractivity contribution in [3.05, 3.63) is 28.8 Å². The summed E-state index contributed by atoms with van der Waals surface area (Å²) in [6.45, 7) is 0.557. The van der Waals surface area contributed by atoms with Crippen molar-refractivity contribution in [2.24, 2.45) is 5.73 Å². The molecule has 20 heavy (non-hydrogen) atoms. The Bertz CT molecular complexity index is 463. The number of hydrogen-bond acceptors (Lipinski definition) is 2. The van der Waals surface area contributed by atoms with E-state index in [1.165, 1.54) is 0 Å². The average Bonchev–Trinajstić information content (AvgIpc) is 2.36. The molecule has 1 aromatic carbocycles. The van der Waals surface area contributed by atoms with Gasteiger partial charge in [0.25, 0.3) is 0 Å². The molecule has 7 heteroatoms. The maximum absolute atomic E-state index is 12.6. The molecule has 0 saturated carbocycles. The zero-order chi connectivity index (χ0) is 15.2. The largest absolute Gasteiger partial charge is 0.416 e. The molecule has 0 bridgehead atoms. The monoisotopic (exact) mass is 308 g/mol. The lowest BCUT2D eigenvalue weighted by Gasteiger charge is -2.11. The van der Waals surface area contributed by atoms with Gasteiger partial charge < -0.3 is 11.1 Å². The fourth-order valence-electron chi connectivity index (χ4n) is 1.62. The molecule has 0 atom stereocenters. The Morgan fingerprint density at radius 3 is 2.55 bits per heavy atom. The summed E-state index contributed by atoms with van der Waals surface area (Å²) in [5.41, 5.74) is 4.45. The molecule has 3 nitrogen and oxygen atoms in total. The first-order valence-corrected chi connectivity index (χ1v) is 6.59. The quantitative estimate of drug-likeness (QED) is 0.785. The Labute approximate surface area is 120 Å². The second-order valence-corrected chi connectivity index (χ2v) is 4.75. The summed E-state index contributed by atoms with van der Waals surface area (Å²) in [6, 6.07) is 2.83. The second kappa shape index (κ2) is 7.50. The van der Waals surface area contributed by atoms with E-state index in [-0.39, 0.29) is 23.0 Å². The molecule has 0 aromatic heterocycles. The first-order valence-electron chi connectivity index (χ1n) is 6.21. The van der Waals surface area contributed by atoms with Gasteiger partial charge in [-0.25, -0.2) is 0 Å². The van der Waals surface area contributed by atoms with Crippen molar-refractivity contribution in [1.82, 2.24) is 0 Å².